The minimum atomic E-state index is 0.498. The third kappa shape index (κ3) is 3.84. The van der Waals surface area contributed by atoms with E-state index < -0.39 is 0 Å². The Morgan fingerprint density at radius 3 is 2.35 bits per heavy atom. The number of nitrogens with zero attached hydrogens (tertiary/aromatic N) is 3. The van der Waals surface area contributed by atoms with Crippen molar-refractivity contribution in [1.82, 2.24) is 9.97 Å². The maximum absolute atomic E-state index is 4.77. The van der Waals surface area contributed by atoms with Crippen LogP contribution in [0, 0.1) is 6.92 Å². The van der Waals surface area contributed by atoms with Crippen molar-refractivity contribution in [3.05, 3.63) is 11.4 Å². The molecular weight excluding hydrogens is 248 g/mol. The highest BCUT2D eigenvalue weighted by molar-refractivity contribution is 5.59. The van der Waals surface area contributed by atoms with Gasteiger partial charge in [-0.3, -0.25) is 0 Å². The molecule has 0 aliphatic carbocycles. The Labute approximate surface area is 124 Å². The van der Waals surface area contributed by atoms with Crippen LogP contribution in [-0.4, -0.2) is 29.1 Å². The first-order chi connectivity index (χ1) is 9.58. The molecule has 0 spiro atoms. The molecule has 1 aromatic rings. The monoisotopic (exact) mass is 278 g/mol. The van der Waals surface area contributed by atoms with Gasteiger partial charge in [-0.25, -0.2) is 9.97 Å². The first kappa shape index (κ1) is 16.7. The molecule has 1 unspecified atom stereocenters. The fraction of sp³-hybridized carbons (Fsp3) is 0.750. The van der Waals surface area contributed by atoms with Crippen LogP contribution < -0.4 is 10.2 Å². The summed E-state index contributed by atoms with van der Waals surface area (Å²) in [5.41, 5.74) is 1.16. The summed E-state index contributed by atoms with van der Waals surface area (Å²) in [7, 11) is 0. The van der Waals surface area contributed by atoms with Crippen LogP contribution in [0.4, 0.5) is 11.6 Å². The normalized spacial score (nSPS) is 12.3. The van der Waals surface area contributed by atoms with Crippen LogP contribution >= 0.6 is 0 Å². The van der Waals surface area contributed by atoms with Crippen molar-refractivity contribution in [2.45, 2.75) is 66.8 Å². The Morgan fingerprint density at radius 2 is 1.85 bits per heavy atom. The molecule has 20 heavy (non-hydrogen) atoms. The number of aryl methyl sites for hydroxylation is 1. The summed E-state index contributed by atoms with van der Waals surface area (Å²) in [5.74, 6) is 3.01. The average molecular weight is 278 g/mol. The largest absolute Gasteiger partial charge is 0.370 e. The highest BCUT2D eigenvalue weighted by Gasteiger charge is 2.18. The Bertz CT molecular complexity index is 417. The summed E-state index contributed by atoms with van der Waals surface area (Å²) >= 11 is 0. The second kappa shape index (κ2) is 8.08. The summed E-state index contributed by atoms with van der Waals surface area (Å²) in [6, 6.07) is 0.498. The van der Waals surface area contributed by atoms with Gasteiger partial charge in [0.15, 0.2) is 0 Å². The van der Waals surface area contributed by atoms with Gasteiger partial charge in [-0.1, -0.05) is 20.8 Å². The van der Waals surface area contributed by atoms with Crippen LogP contribution in [0.3, 0.4) is 0 Å². The maximum atomic E-state index is 4.77. The van der Waals surface area contributed by atoms with Crippen LogP contribution in [0.5, 0.6) is 0 Å². The highest BCUT2D eigenvalue weighted by atomic mass is 15.2. The number of nitrogens with one attached hydrogen (secondary N) is 1. The molecule has 0 aliphatic rings. The molecule has 1 heterocycles. The van der Waals surface area contributed by atoms with Crippen molar-refractivity contribution in [3.8, 4) is 0 Å². The molecule has 0 saturated heterocycles. The molecule has 4 nitrogen and oxygen atoms in total. The molecule has 4 heteroatoms. The third-order valence-electron chi connectivity index (χ3n) is 3.76. The zero-order valence-corrected chi connectivity index (χ0v) is 14.0. The lowest BCUT2D eigenvalue weighted by atomic mass is 10.2. The van der Waals surface area contributed by atoms with Gasteiger partial charge in [-0.05, 0) is 33.6 Å². The van der Waals surface area contributed by atoms with Crippen molar-refractivity contribution >= 4 is 11.6 Å². The number of anilines is 2. The van der Waals surface area contributed by atoms with Crippen LogP contribution in [-0.2, 0) is 6.42 Å². The fourth-order valence-corrected chi connectivity index (χ4v) is 2.29. The Morgan fingerprint density at radius 1 is 1.15 bits per heavy atom. The van der Waals surface area contributed by atoms with E-state index in [1.807, 2.05) is 0 Å². The average Bonchev–Trinajstić information content (AvgIpc) is 2.47. The van der Waals surface area contributed by atoms with Gasteiger partial charge in [0.05, 0.1) is 0 Å². The standard InChI is InChI=1S/C16H30N4/c1-7-11-17-15-13(6)16(19-14(9-3)18-15)20(10-4)12(5)8-2/h12H,7-11H2,1-6H3,(H,17,18,19). The molecule has 0 saturated carbocycles. The maximum Gasteiger partial charge on any atom is 0.137 e. The van der Waals surface area contributed by atoms with Crippen molar-refractivity contribution in [2.24, 2.45) is 0 Å². The minimum Gasteiger partial charge on any atom is -0.370 e. The fourth-order valence-electron chi connectivity index (χ4n) is 2.29. The summed E-state index contributed by atoms with van der Waals surface area (Å²) in [6.45, 7) is 15.0. The Hall–Kier alpha value is -1.32. The van der Waals surface area contributed by atoms with Gasteiger partial charge in [0.1, 0.15) is 17.5 Å². The molecule has 1 aromatic heterocycles. The van der Waals surface area contributed by atoms with Gasteiger partial charge in [0.25, 0.3) is 0 Å². The highest BCUT2D eigenvalue weighted by Crippen LogP contribution is 2.26. The number of rotatable bonds is 8. The van der Waals surface area contributed by atoms with E-state index in [0.29, 0.717) is 6.04 Å². The van der Waals surface area contributed by atoms with Gasteiger partial charge < -0.3 is 10.2 Å². The first-order valence-electron chi connectivity index (χ1n) is 7.96. The minimum absolute atomic E-state index is 0.498. The molecular formula is C16H30N4. The zero-order chi connectivity index (χ0) is 15.1. The summed E-state index contributed by atoms with van der Waals surface area (Å²) in [4.78, 5) is 11.8. The second-order valence-electron chi connectivity index (χ2n) is 5.26. The molecule has 0 aromatic carbocycles. The van der Waals surface area contributed by atoms with Gasteiger partial charge >= 0.3 is 0 Å². The third-order valence-corrected chi connectivity index (χ3v) is 3.76. The molecule has 1 atom stereocenters. The van der Waals surface area contributed by atoms with Crippen LogP contribution in [0.2, 0.25) is 0 Å². The molecule has 0 radical (unpaired) electrons. The molecule has 0 fully saturated rings. The Balaban J connectivity index is 3.21. The molecule has 0 aliphatic heterocycles. The van der Waals surface area contributed by atoms with E-state index in [1.54, 1.807) is 0 Å². The van der Waals surface area contributed by atoms with E-state index in [4.69, 9.17) is 4.98 Å². The van der Waals surface area contributed by atoms with Gasteiger partial charge in [0.2, 0.25) is 0 Å². The van der Waals surface area contributed by atoms with Crippen molar-refractivity contribution in [1.29, 1.82) is 0 Å². The molecule has 1 N–H and O–H groups in total. The van der Waals surface area contributed by atoms with E-state index in [1.165, 1.54) is 0 Å². The van der Waals surface area contributed by atoms with E-state index in [9.17, 15) is 0 Å². The number of aromatic nitrogens is 2. The Kier molecular flexibility index (Phi) is 6.76. The van der Waals surface area contributed by atoms with Crippen molar-refractivity contribution in [2.75, 3.05) is 23.3 Å². The topological polar surface area (TPSA) is 41.1 Å². The van der Waals surface area contributed by atoms with Crippen LogP contribution in [0.1, 0.15) is 58.8 Å². The summed E-state index contributed by atoms with van der Waals surface area (Å²) in [6.07, 6.45) is 3.09. The van der Waals surface area contributed by atoms with Gasteiger partial charge in [0, 0.05) is 31.1 Å². The summed E-state index contributed by atoms with van der Waals surface area (Å²) < 4.78 is 0. The molecule has 0 bridgehead atoms. The SMILES string of the molecule is CCCNc1nc(CC)nc(N(CC)C(C)CC)c1C. The predicted molar refractivity (Wildman–Crippen MR) is 87.7 cm³/mol. The number of hydrogen-bond donors (Lipinski definition) is 1. The first-order valence-corrected chi connectivity index (χ1v) is 7.96. The van der Waals surface area contributed by atoms with Crippen molar-refractivity contribution < 1.29 is 0 Å². The molecule has 1 rings (SSSR count). The lowest BCUT2D eigenvalue weighted by molar-refractivity contribution is 0.618. The van der Waals surface area contributed by atoms with Crippen molar-refractivity contribution in [3.63, 3.8) is 0 Å². The van der Waals surface area contributed by atoms with E-state index in [2.05, 4.69) is 56.7 Å². The zero-order valence-electron chi connectivity index (χ0n) is 14.0. The smallest absolute Gasteiger partial charge is 0.137 e. The second-order valence-corrected chi connectivity index (χ2v) is 5.26. The van der Waals surface area contributed by atoms with Gasteiger partial charge in [-0.2, -0.15) is 0 Å². The van der Waals surface area contributed by atoms with E-state index in [-0.39, 0.29) is 0 Å². The van der Waals surface area contributed by atoms with E-state index in [0.717, 1.165) is 55.4 Å². The molecule has 0 amide bonds. The van der Waals surface area contributed by atoms with Crippen LogP contribution in [0.25, 0.3) is 0 Å². The quantitative estimate of drug-likeness (QED) is 0.785. The lowest BCUT2D eigenvalue weighted by Gasteiger charge is -2.30. The number of hydrogen-bond acceptors (Lipinski definition) is 4. The predicted octanol–water partition coefficient (Wildman–Crippen LogP) is 3.79. The lowest BCUT2D eigenvalue weighted by Crippen LogP contribution is -2.34. The van der Waals surface area contributed by atoms with E-state index >= 15 is 0 Å². The van der Waals surface area contributed by atoms with Gasteiger partial charge in [-0.15, -0.1) is 0 Å². The summed E-state index contributed by atoms with van der Waals surface area (Å²) in [5, 5.41) is 3.44. The van der Waals surface area contributed by atoms with Crippen LogP contribution in [0.15, 0.2) is 0 Å². The molecule has 114 valence electrons.